The van der Waals surface area contributed by atoms with Crippen LogP contribution in [-0.4, -0.2) is 25.4 Å². The second kappa shape index (κ2) is 8.30. The Hall–Kier alpha value is -3.20. The minimum absolute atomic E-state index is 0.0708. The maximum absolute atomic E-state index is 6.29. The van der Waals surface area contributed by atoms with E-state index in [0.717, 1.165) is 19.6 Å². The van der Waals surface area contributed by atoms with E-state index in [1.54, 1.807) is 0 Å². The van der Waals surface area contributed by atoms with E-state index in [2.05, 4.69) is 121 Å². The number of hydrogen-bond donors (Lipinski definition) is 0. The Kier molecular flexibility index (Phi) is 5.13. The zero-order chi connectivity index (χ0) is 22.1. The Balaban J connectivity index is 1.77. The van der Waals surface area contributed by atoms with E-state index >= 15 is 0 Å². The van der Waals surface area contributed by atoms with Gasteiger partial charge in [-0.15, -0.1) is 0 Å². The molecule has 4 aromatic carbocycles. The van der Waals surface area contributed by atoms with Crippen LogP contribution in [0.5, 0.6) is 0 Å². The molecule has 2 saturated heterocycles. The van der Waals surface area contributed by atoms with Crippen molar-refractivity contribution >= 4 is 0 Å². The molecular formula is C31H28O2. The molecule has 0 radical (unpaired) electrons. The van der Waals surface area contributed by atoms with E-state index in [1.807, 2.05) is 0 Å². The highest BCUT2D eigenvalue weighted by Crippen LogP contribution is 2.60. The lowest BCUT2D eigenvalue weighted by atomic mass is 9.49. The third-order valence-corrected chi connectivity index (χ3v) is 7.42. The summed E-state index contributed by atoms with van der Waals surface area (Å²) >= 11 is 0. The topological polar surface area (TPSA) is 25.1 Å². The van der Waals surface area contributed by atoms with Crippen LogP contribution in [-0.2, 0) is 20.3 Å². The molecule has 0 aromatic heterocycles. The van der Waals surface area contributed by atoms with Crippen molar-refractivity contribution in [3.05, 3.63) is 144 Å². The maximum Gasteiger partial charge on any atom is 0.0958 e. The van der Waals surface area contributed by atoms with Crippen molar-refractivity contribution in [2.75, 3.05) is 13.2 Å². The van der Waals surface area contributed by atoms with Crippen LogP contribution >= 0.6 is 0 Å². The van der Waals surface area contributed by atoms with Crippen molar-refractivity contribution in [3.8, 4) is 0 Å². The highest BCUT2D eigenvalue weighted by Gasteiger charge is 2.64. The van der Waals surface area contributed by atoms with E-state index < -0.39 is 5.41 Å². The van der Waals surface area contributed by atoms with Gasteiger partial charge >= 0.3 is 0 Å². The quantitative estimate of drug-likeness (QED) is 0.312. The molecule has 2 atom stereocenters. The average Bonchev–Trinajstić information content (AvgIpc) is 3.82. The summed E-state index contributed by atoms with van der Waals surface area (Å²) in [6, 6.07) is 44.0. The fourth-order valence-corrected chi connectivity index (χ4v) is 6.00. The van der Waals surface area contributed by atoms with Gasteiger partial charge in [0.1, 0.15) is 0 Å². The van der Waals surface area contributed by atoms with Crippen molar-refractivity contribution in [3.63, 3.8) is 0 Å². The van der Waals surface area contributed by atoms with Gasteiger partial charge < -0.3 is 9.47 Å². The number of benzene rings is 4. The number of hydrogen-bond acceptors (Lipinski definition) is 2. The van der Waals surface area contributed by atoms with Crippen LogP contribution in [0.25, 0.3) is 0 Å². The van der Waals surface area contributed by atoms with Gasteiger partial charge in [-0.25, -0.2) is 0 Å². The lowest BCUT2D eigenvalue weighted by Crippen LogP contribution is -2.55. The van der Waals surface area contributed by atoms with Crippen LogP contribution in [0.15, 0.2) is 121 Å². The summed E-state index contributed by atoms with van der Waals surface area (Å²) in [5.41, 5.74) is 4.38. The second-order valence-electron chi connectivity index (χ2n) is 9.16. The van der Waals surface area contributed by atoms with Gasteiger partial charge in [0.05, 0.1) is 30.8 Å². The first-order valence-electron chi connectivity index (χ1n) is 11.8. The van der Waals surface area contributed by atoms with Crippen LogP contribution in [0.3, 0.4) is 0 Å². The summed E-state index contributed by atoms with van der Waals surface area (Å²) in [5, 5.41) is 0. The second-order valence-corrected chi connectivity index (χ2v) is 9.16. The minimum atomic E-state index is -0.413. The molecular weight excluding hydrogens is 404 g/mol. The summed E-state index contributed by atoms with van der Waals surface area (Å²) in [6.45, 7) is 1.56. The lowest BCUT2D eigenvalue weighted by molar-refractivity contribution is 0.200. The largest absolute Gasteiger partial charge is 0.373 e. The van der Waals surface area contributed by atoms with Gasteiger partial charge in [0.15, 0.2) is 0 Å². The van der Waals surface area contributed by atoms with Gasteiger partial charge in [0, 0.05) is 5.41 Å². The van der Waals surface area contributed by atoms with Crippen molar-refractivity contribution in [2.24, 2.45) is 0 Å². The number of rotatable bonds is 8. The van der Waals surface area contributed by atoms with Gasteiger partial charge in [0.2, 0.25) is 0 Å². The molecule has 0 aliphatic carbocycles. The van der Waals surface area contributed by atoms with E-state index in [4.69, 9.17) is 9.47 Å². The van der Waals surface area contributed by atoms with Crippen LogP contribution in [0.4, 0.5) is 0 Å². The predicted octanol–water partition coefficient (Wildman–Crippen LogP) is 6.15. The molecule has 2 aliphatic heterocycles. The van der Waals surface area contributed by atoms with Crippen LogP contribution in [0.2, 0.25) is 0 Å². The Bertz CT molecular complexity index is 1100. The lowest BCUT2D eigenvalue weighted by Gasteiger charge is -2.52. The van der Waals surface area contributed by atoms with E-state index in [1.165, 1.54) is 22.3 Å². The highest BCUT2D eigenvalue weighted by molar-refractivity contribution is 5.57. The predicted molar refractivity (Wildman–Crippen MR) is 131 cm³/mol. The third-order valence-electron chi connectivity index (χ3n) is 7.42. The minimum Gasteiger partial charge on any atom is -0.373 e. The molecule has 0 spiro atoms. The highest BCUT2D eigenvalue weighted by atomic mass is 16.6. The fourth-order valence-electron chi connectivity index (χ4n) is 6.00. The van der Waals surface area contributed by atoms with Gasteiger partial charge in [-0.05, 0) is 28.7 Å². The summed E-state index contributed by atoms with van der Waals surface area (Å²) in [7, 11) is 0. The fraction of sp³-hybridized carbons (Fsp3) is 0.226. The number of epoxide rings is 2. The molecule has 0 bridgehead atoms. The van der Waals surface area contributed by atoms with Crippen molar-refractivity contribution in [2.45, 2.75) is 29.5 Å². The van der Waals surface area contributed by atoms with Crippen LogP contribution in [0.1, 0.15) is 28.7 Å². The summed E-state index contributed by atoms with van der Waals surface area (Å²) in [4.78, 5) is 0. The average molecular weight is 433 g/mol. The zero-order valence-corrected chi connectivity index (χ0v) is 18.6. The molecule has 2 unspecified atom stereocenters. The molecule has 0 amide bonds. The molecule has 2 heterocycles. The van der Waals surface area contributed by atoms with Gasteiger partial charge in [-0.2, -0.15) is 0 Å². The normalized spacial score (nSPS) is 19.8. The molecule has 0 saturated carbocycles. The van der Waals surface area contributed by atoms with E-state index in [-0.39, 0.29) is 17.6 Å². The summed E-state index contributed by atoms with van der Waals surface area (Å²) < 4.78 is 12.2. The van der Waals surface area contributed by atoms with Crippen molar-refractivity contribution < 1.29 is 9.47 Å². The van der Waals surface area contributed by atoms with Gasteiger partial charge in [0.25, 0.3) is 0 Å². The van der Waals surface area contributed by atoms with E-state index in [0.29, 0.717) is 0 Å². The molecule has 6 rings (SSSR count). The Morgan fingerprint density at radius 3 is 1.21 bits per heavy atom. The monoisotopic (exact) mass is 432 g/mol. The SMILES string of the molecule is c1ccc(C(CC2CO2)(c2ccccc2)C(c2ccccc2)(c2ccccc2)C2CO2)cc1. The third kappa shape index (κ3) is 3.33. The van der Waals surface area contributed by atoms with Crippen molar-refractivity contribution in [1.29, 1.82) is 0 Å². The van der Waals surface area contributed by atoms with Crippen LogP contribution in [0, 0.1) is 0 Å². The molecule has 4 aromatic rings. The molecule has 2 aliphatic rings. The maximum atomic E-state index is 6.29. The molecule has 0 N–H and O–H groups in total. The standard InChI is InChI=1S/C31H28O2/c1-5-13-24(14-6-1)30(21-28-22-32-28,25-15-7-2-8-16-25)31(29-23-33-29,26-17-9-3-10-18-26)27-19-11-4-12-20-27/h1-20,28-29H,21-23H2. The van der Waals surface area contributed by atoms with Gasteiger partial charge in [-0.1, -0.05) is 121 Å². The molecule has 2 fully saturated rings. The van der Waals surface area contributed by atoms with E-state index in [9.17, 15) is 0 Å². The first kappa shape index (κ1) is 20.4. The first-order chi connectivity index (χ1) is 16.4. The smallest absolute Gasteiger partial charge is 0.0958 e. The first-order valence-corrected chi connectivity index (χ1v) is 11.8. The Morgan fingerprint density at radius 1 is 0.515 bits per heavy atom. The molecule has 2 nitrogen and oxygen atoms in total. The summed E-state index contributed by atoms with van der Waals surface area (Å²) in [5.74, 6) is 0. The molecule has 2 heteroatoms. The molecule has 33 heavy (non-hydrogen) atoms. The molecule has 164 valence electrons. The van der Waals surface area contributed by atoms with Gasteiger partial charge in [-0.3, -0.25) is 0 Å². The zero-order valence-electron chi connectivity index (χ0n) is 18.6. The Morgan fingerprint density at radius 2 is 0.879 bits per heavy atom. The van der Waals surface area contributed by atoms with Crippen LogP contribution < -0.4 is 0 Å². The van der Waals surface area contributed by atoms with Crippen molar-refractivity contribution in [1.82, 2.24) is 0 Å². The Labute approximate surface area is 195 Å². The number of ether oxygens (including phenoxy) is 2. The summed E-state index contributed by atoms with van der Waals surface area (Å²) in [6.07, 6.45) is 1.20.